The zero-order valence-corrected chi connectivity index (χ0v) is 13.3. The van der Waals surface area contributed by atoms with E-state index in [4.69, 9.17) is 22.1 Å². The highest BCUT2D eigenvalue weighted by atomic mass is 35.5. The molecular weight excluding hydrogens is 308 g/mol. The predicted octanol–water partition coefficient (Wildman–Crippen LogP) is 3.05. The molecule has 0 aliphatic carbocycles. The molecule has 1 aliphatic rings. The van der Waals surface area contributed by atoms with Gasteiger partial charge in [0.05, 0.1) is 17.0 Å². The Labute approximate surface area is 132 Å². The van der Waals surface area contributed by atoms with Crippen LogP contribution < -0.4 is 10.6 Å². The Balaban J connectivity index is 2.01. The third-order valence-corrected chi connectivity index (χ3v) is 4.70. The van der Waals surface area contributed by atoms with Crippen LogP contribution in [0.2, 0.25) is 4.34 Å². The fourth-order valence-corrected chi connectivity index (χ4v) is 3.59. The van der Waals surface area contributed by atoms with Crippen molar-refractivity contribution in [2.75, 3.05) is 30.4 Å². The van der Waals surface area contributed by atoms with Crippen molar-refractivity contribution in [3.05, 3.63) is 33.1 Å². The van der Waals surface area contributed by atoms with Crippen LogP contribution in [-0.4, -0.2) is 29.7 Å². The Morgan fingerprint density at radius 3 is 3.05 bits per heavy atom. The Hall–Kier alpha value is -1.37. The highest BCUT2D eigenvalue weighted by molar-refractivity contribution is 7.14. The van der Waals surface area contributed by atoms with Gasteiger partial charge in [0.2, 0.25) is 5.95 Å². The van der Waals surface area contributed by atoms with Crippen molar-refractivity contribution in [1.29, 1.82) is 0 Å². The lowest BCUT2D eigenvalue weighted by atomic mass is 10.1. The molecule has 1 fully saturated rings. The molecule has 2 N–H and O–H groups in total. The average molecular weight is 325 g/mol. The number of nitrogens with zero attached hydrogens (tertiary/aromatic N) is 3. The molecule has 7 heteroatoms. The molecule has 1 atom stereocenters. The summed E-state index contributed by atoms with van der Waals surface area (Å²) in [7, 11) is 0. The average Bonchev–Trinajstić information content (AvgIpc) is 2.72. The zero-order valence-electron chi connectivity index (χ0n) is 11.8. The summed E-state index contributed by atoms with van der Waals surface area (Å²) in [6.45, 7) is 4.11. The summed E-state index contributed by atoms with van der Waals surface area (Å²) < 4.78 is 6.53. The van der Waals surface area contributed by atoms with E-state index in [0.717, 1.165) is 41.0 Å². The Kier molecular flexibility index (Phi) is 4.28. The van der Waals surface area contributed by atoms with E-state index in [9.17, 15) is 0 Å². The van der Waals surface area contributed by atoms with Crippen LogP contribution in [0.4, 0.5) is 11.8 Å². The molecule has 1 unspecified atom stereocenters. The molecule has 112 valence electrons. The minimum Gasteiger partial charge on any atom is -0.379 e. The number of nitrogens with two attached hydrogens (primary N) is 1. The van der Waals surface area contributed by atoms with E-state index in [1.807, 2.05) is 18.4 Å². The number of ether oxygens (including phenoxy) is 1. The normalized spacial score (nSPS) is 19.5. The van der Waals surface area contributed by atoms with Gasteiger partial charge in [0, 0.05) is 30.5 Å². The summed E-state index contributed by atoms with van der Waals surface area (Å²) in [5.74, 6) is 1.13. The van der Waals surface area contributed by atoms with Crippen LogP contribution in [0.1, 0.15) is 23.7 Å². The highest BCUT2D eigenvalue weighted by Crippen LogP contribution is 2.35. The molecule has 5 nitrogen and oxygen atoms in total. The summed E-state index contributed by atoms with van der Waals surface area (Å²) in [6, 6.07) is 4.06. The van der Waals surface area contributed by atoms with Gasteiger partial charge in [0.25, 0.3) is 0 Å². The van der Waals surface area contributed by atoms with Crippen LogP contribution in [-0.2, 0) is 4.74 Å². The molecule has 3 rings (SSSR count). The molecule has 0 bridgehead atoms. The van der Waals surface area contributed by atoms with Crippen LogP contribution in [0, 0.1) is 6.92 Å². The number of aryl methyl sites for hydroxylation is 1. The maximum Gasteiger partial charge on any atom is 0.222 e. The maximum atomic E-state index is 6.32. The molecule has 0 radical (unpaired) electrons. The van der Waals surface area contributed by atoms with E-state index in [0.29, 0.717) is 12.6 Å². The van der Waals surface area contributed by atoms with E-state index in [1.54, 1.807) is 0 Å². The Morgan fingerprint density at radius 1 is 1.48 bits per heavy atom. The summed E-state index contributed by atoms with van der Waals surface area (Å²) >= 11 is 7.85. The Morgan fingerprint density at radius 2 is 2.33 bits per heavy atom. The van der Waals surface area contributed by atoms with E-state index in [2.05, 4.69) is 20.9 Å². The van der Waals surface area contributed by atoms with Crippen molar-refractivity contribution in [3.8, 4) is 0 Å². The third-order valence-electron chi connectivity index (χ3n) is 3.50. The van der Waals surface area contributed by atoms with Crippen LogP contribution in [0.5, 0.6) is 0 Å². The number of hydrogen-bond donors (Lipinski definition) is 1. The quantitative estimate of drug-likeness (QED) is 0.919. The molecule has 2 aromatic heterocycles. The minimum absolute atomic E-state index is 0.0555. The first-order valence-corrected chi connectivity index (χ1v) is 8.09. The van der Waals surface area contributed by atoms with Gasteiger partial charge in [0.15, 0.2) is 0 Å². The topological polar surface area (TPSA) is 64.3 Å². The molecular formula is C14H17ClN4OS. The lowest BCUT2D eigenvalue weighted by Crippen LogP contribution is -2.31. The molecule has 3 heterocycles. The molecule has 0 aromatic carbocycles. The smallest absolute Gasteiger partial charge is 0.222 e. The largest absolute Gasteiger partial charge is 0.379 e. The van der Waals surface area contributed by atoms with Crippen LogP contribution in [0.25, 0.3) is 0 Å². The summed E-state index contributed by atoms with van der Waals surface area (Å²) in [5, 5.41) is 2.00. The van der Waals surface area contributed by atoms with Gasteiger partial charge in [-0.15, -0.1) is 11.3 Å². The molecule has 1 aliphatic heterocycles. The van der Waals surface area contributed by atoms with Crippen molar-refractivity contribution >= 4 is 34.7 Å². The number of aromatic nitrogens is 2. The second-order valence-corrected chi connectivity index (χ2v) is 6.53. The van der Waals surface area contributed by atoms with E-state index in [-0.39, 0.29) is 6.04 Å². The number of nitrogen functional groups attached to an aromatic ring is 1. The minimum atomic E-state index is 0.0555. The lowest BCUT2D eigenvalue weighted by molar-refractivity contribution is 0.134. The van der Waals surface area contributed by atoms with Gasteiger partial charge in [-0.05, 0) is 24.8 Å². The van der Waals surface area contributed by atoms with Crippen molar-refractivity contribution in [1.82, 2.24) is 9.97 Å². The third kappa shape index (κ3) is 3.12. The van der Waals surface area contributed by atoms with Crippen molar-refractivity contribution in [2.45, 2.75) is 19.4 Å². The number of anilines is 2. The van der Waals surface area contributed by atoms with Gasteiger partial charge >= 0.3 is 0 Å². The number of hydrogen-bond acceptors (Lipinski definition) is 6. The molecule has 2 aromatic rings. The monoisotopic (exact) mass is 324 g/mol. The fourth-order valence-electron chi connectivity index (χ4n) is 2.57. The fraction of sp³-hybridized carbons (Fsp3) is 0.429. The Bertz CT molecular complexity index is 613. The van der Waals surface area contributed by atoms with Gasteiger partial charge in [-0.3, -0.25) is 0 Å². The summed E-state index contributed by atoms with van der Waals surface area (Å²) in [6.07, 6.45) is 0.946. The van der Waals surface area contributed by atoms with Gasteiger partial charge < -0.3 is 15.4 Å². The van der Waals surface area contributed by atoms with Crippen LogP contribution in [0.15, 0.2) is 17.5 Å². The van der Waals surface area contributed by atoms with Gasteiger partial charge in [-0.2, -0.15) is 4.98 Å². The summed E-state index contributed by atoms with van der Waals surface area (Å²) in [5.41, 5.74) is 7.74. The molecule has 0 spiro atoms. The van der Waals surface area contributed by atoms with Crippen LogP contribution >= 0.6 is 22.9 Å². The number of thiophene rings is 1. The van der Waals surface area contributed by atoms with Gasteiger partial charge in [-0.25, -0.2) is 4.98 Å². The molecule has 0 amide bonds. The van der Waals surface area contributed by atoms with E-state index >= 15 is 0 Å². The molecule has 21 heavy (non-hydrogen) atoms. The first-order valence-electron chi connectivity index (χ1n) is 6.83. The number of halogens is 1. The first kappa shape index (κ1) is 14.6. The van der Waals surface area contributed by atoms with Crippen molar-refractivity contribution < 1.29 is 4.74 Å². The zero-order chi connectivity index (χ0) is 14.8. The standard InChI is InChI=1S/C14H17ClN4OS/c1-9-7-12(18-14(16)17-9)19-4-2-5-20-8-11(19)10-3-6-21-13(10)15/h3,6-7,11H,2,4-5,8H2,1H3,(H2,16,17,18). The lowest BCUT2D eigenvalue weighted by Gasteiger charge is -2.30. The van der Waals surface area contributed by atoms with E-state index < -0.39 is 0 Å². The molecule has 0 saturated carbocycles. The maximum absolute atomic E-state index is 6.32. The van der Waals surface area contributed by atoms with Gasteiger partial charge in [0.1, 0.15) is 5.82 Å². The van der Waals surface area contributed by atoms with E-state index in [1.165, 1.54) is 11.3 Å². The second kappa shape index (κ2) is 6.17. The van der Waals surface area contributed by atoms with Gasteiger partial charge in [-0.1, -0.05) is 11.6 Å². The van der Waals surface area contributed by atoms with Crippen LogP contribution in [0.3, 0.4) is 0 Å². The SMILES string of the molecule is Cc1cc(N2CCCOCC2c2ccsc2Cl)nc(N)n1. The number of rotatable bonds is 2. The van der Waals surface area contributed by atoms with Crippen molar-refractivity contribution in [3.63, 3.8) is 0 Å². The van der Waals surface area contributed by atoms with Crippen molar-refractivity contribution in [2.24, 2.45) is 0 Å². The highest BCUT2D eigenvalue weighted by Gasteiger charge is 2.27. The first-order chi connectivity index (χ1) is 10.1. The second-order valence-electron chi connectivity index (χ2n) is 5.01. The predicted molar refractivity (Wildman–Crippen MR) is 86.0 cm³/mol. The molecule has 1 saturated heterocycles. The summed E-state index contributed by atoms with van der Waals surface area (Å²) in [4.78, 5) is 10.7.